The molecule has 0 heterocycles. The third-order valence-corrected chi connectivity index (χ3v) is 2.49. The van der Waals surface area contributed by atoms with Crippen molar-refractivity contribution in [2.75, 3.05) is 0 Å². The Morgan fingerprint density at radius 3 is 2.53 bits per heavy atom. The van der Waals surface area contributed by atoms with Gasteiger partial charge in [0.05, 0.1) is 0 Å². The van der Waals surface area contributed by atoms with E-state index in [0.29, 0.717) is 10.6 Å². The summed E-state index contributed by atoms with van der Waals surface area (Å²) in [6, 6.07) is 6.18. The first-order valence-electron chi connectivity index (χ1n) is 4.92. The summed E-state index contributed by atoms with van der Waals surface area (Å²) in [4.78, 5) is 10.7. The van der Waals surface area contributed by atoms with Crippen LogP contribution in [0.15, 0.2) is 24.3 Å². The smallest absolute Gasteiger partial charge is 0.345 e. The van der Waals surface area contributed by atoms with Crippen molar-refractivity contribution in [3.63, 3.8) is 0 Å². The van der Waals surface area contributed by atoms with Crippen LogP contribution in [0.25, 0.3) is 0 Å². The highest BCUT2D eigenvalue weighted by Gasteiger charge is 2.39. The van der Waals surface area contributed by atoms with Crippen molar-refractivity contribution in [3.05, 3.63) is 34.9 Å². The molecule has 17 heavy (non-hydrogen) atoms. The quantitative estimate of drug-likeness (QED) is 0.894. The van der Waals surface area contributed by atoms with Crippen LogP contribution in [-0.2, 0) is 11.2 Å². The van der Waals surface area contributed by atoms with Crippen molar-refractivity contribution >= 4 is 17.5 Å². The lowest BCUT2D eigenvalue weighted by molar-refractivity contribution is -0.174. The minimum atomic E-state index is -4.85. The molecule has 1 unspecified atom stereocenters. The largest absolute Gasteiger partial charge is 0.471 e. The number of carbonyl (C=O) groups is 1. The SMILES string of the molecule is CC(Cc1ccccc1Cl)NC(=O)C(F)(F)F. The van der Waals surface area contributed by atoms with Gasteiger partial charge in [-0.25, -0.2) is 0 Å². The number of benzene rings is 1. The first-order valence-corrected chi connectivity index (χ1v) is 5.29. The molecule has 0 aliphatic carbocycles. The van der Waals surface area contributed by atoms with E-state index in [1.807, 2.05) is 5.32 Å². The molecule has 2 nitrogen and oxygen atoms in total. The fourth-order valence-corrected chi connectivity index (χ4v) is 1.56. The topological polar surface area (TPSA) is 29.1 Å². The summed E-state index contributed by atoms with van der Waals surface area (Å²) < 4.78 is 36.0. The Morgan fingerprint density at radius 2 is 2.00 bits per heavy atom. The average molecular weight is 266 g/mol. The van der Waals surface area contributed by atoms with Crippen molar-refractivity contribution < 1.29 is 18.0 Å². The molecule has 1 atom stereocenters. The van der Waals surface area contributed by atoms with E-state index in [-0.39, 0.29) is 6.42 Å². The van der Waals surface area contributed by atoms with Crippen molar-refractivity contribution in [3.8, 4) is 0 Å². The minimum absolute atomic E-state index is 0.251. The molecule has 0 aromatic heterocycles. The van der Waals surface area contributed by atoms with Crippen molar-refractivity contribution in [1.82, 2.24) is 5.32 Å². The van der Waals surface area contributed by atoms with E-state index in [1.54, 1.807) is 24.3 Å². The summed E-state index contributed by atoms with van der Waals surface area (Å²) in [6.07, 6.45) is -4.60. The second kappa shape index (κ2) is 5.40. The second-order valence-corrected chi connectivity index (χ2v) is 4.08. The van der Waals surface area contributed by atoms with Gasteiger partial charge >= 0.3 is 12.1 Å². The van der Waals surface area contributed by atoms with E-state index in [9.17, 15) is 18.0 Å². The van der Waals surface area contributed by atoms with Crippen LogP contribution in [0.1, 0.15) is 12.5 Å². The number of halogens is 4. The number of hydrogen-bond acceptors (Lipinski definition) is 1. The van der Waals surface area contributed by atoms with Gasteiger partial charge in [0, 0.05) is 11.1 Å². The van der Waals surface area contributed by atoms with E-state index >= 15 is 0 Å². The van der Waals surface area contributed by atoms with Gasteiger partial charge in [-0.15, -0.1) is 0 Å². The van der Waals surface area contributed by atoms with Crippen LogP contribution in [0.3, 0.4) is 0 Å². The molecule has 0 spiro atoms. The fraction of sp³-hybridized carbons (Fsp3) is 0.364. The Bertz CT molecular complexity index is 406. The van der Waals surface area contributed by atoms with E-state index in [1.165, 1.54) is 6.92 Å². The molecule has 1 amide bonds. The van der Waals surface area contributed by atoms with Crippen LogP contribution in [0.2, 0.25) is 5.02 Å². The molecule has 6 heteroatoms. The van der Waals surface area contributed by atoms with Gasteiger partial charge in [-0.05, 0) is 25.0 Å². The molecule has 0 aliphatic rings. The first kappa shape index (κ1) is 13.8. The number of hydrogen-bond donors (Lipinski definition) is 1. The van der Waals surface area contributed by atoms with Gasteiger partial charge in [0.15, 0.2) is 0 Å². The maximum absolute atomic E-state index is 12.0. The normalized spacial score (nSPS) is 13.2. The maximum atomic E-state index is 12.0. The standard InChI is InChI=1S/C11H11ClF3NO/c1-7(16-10(17)11(13,14)15)6-8-4-2-3-5-9(8)12/h2-5,7H,6H2,1H3,(H,16,17). The molecular weight excluding hydrogens is 255 g/mol. The number of amides is 1. The summed E-state index contributed by atoms with van der Waals surface area (Å²) >= 11 is 5.86. The number of nitrogens with one attached hydrogen (secondary N) is 1. The molecule has 0 fully saturated rings. The Hall–Kier alpha value is -1.23. The summed E-state index contributed by atoms with van der Waals surface area (Å²) in [5.41, 5.74) is 0.698. The van der Waals surface area contributed by atoms with Crippen LogP contribution < -0.4 is 5.32 Å². The van der Waals surface area contributed by atoms with Gasteiger partial charge in [0.2, 0.25) is 0 Å². The molecule has 0 saturated heterocycles. The molecule has 1 rings (SSSR count). The molecule has 0 radical (unpaired) electrons. The van der Waals surface area contributed by atoms with Crippen molar-refractivity contribution in [2.24, 2.45) is 0 Å². The Labute approximate surface area is 102 Å². The van der Waals surface area contributed by atoms with E-state index in [0.717, 1.165) is 0 Å². The zero-order valence-corrected chi connectivity index (χ0v) is 9.77. The number of alkyl halides is 3. The Kier molecular flexibility index (Phi) is 4.40. The lowest BCUT2D eigenvalue weighted by Crippen LogP contribution is -2.42. The van der Waals surface area contributed by atoms with Gasteiger partial charge in [-0.2, -0.15) is 13.2 Å². The minimum Gasteiger partial charge on any atom is -0.345 e. The fourth-order valence-electron chi connectivity index (χ4n) is 1.35. The Morgan fingerprint density at radius 1 is 1.41 bits per heavy atom. The molecule has 1 aromatic carbocycles. The highest BCUT2D eigenvalue weighted by molar-refractivity contribution is 6.31. The van der Waals surface area contributed by atoms with Crippen molar-refractivity contribution in [1.29, 1.82) is 0 Å². The van der Waals surface area contributed by atoms with E-state index < -0.39 is 18.1 Å². The van der Waals surface area contributed by atoms with Crippen LogP contribution in [0.5, 0.6) is 0 Å². The molecular formula is C11H11ClF3NO. The van der Waals surface area contributed by atoms with Crippen LogP contribution >= 0.6 is 11.6 Å². The van der Waals surface area contributed by atoms with Crippen LogP contribution in [0.4, 0.5) is 13.2 Å². The summed E-state index contributed by atoms with van der Waals surface area (Å²) in [5, 5.41) is 2.35. The van der Waals surface area contributed by atoms with Gasteiger partial charge in [-0.3, -0.25) is 4.79 Å². The molecule has 0 aliphatic heterocycles. The lowest BCUT2D eigenvalue weighted by Gasteiger charge is -2.15. The zero-order valence-electron chi connectivity index (χ0n) is 9.01. The third kappa shape index (κ3) is 4.26. The number of rotatable bonds is 3. The average Bonchev–Trinajstić information content (AvgIpc) is 2.20. The molecule has 0 bridgehead atoms. The highest BCUT2D eigenvalue weighted by Crippen LogP contribution is 2.18. The summed E-state index contributed by atoms with van der Waals surface area (Å²) in [6.45, 7) is 1.49. The molecule has 1 N–H and O–H groups in total. The summed E-state index contributed by atoms with van der Waals surface area (Å²) in [5.74, 6) is -1.93. The zero-order chi connectivity index (χ0) is 13.1. The van der Waals surface area contributed by atoms with Crippen LogP contribution in [-0.4, -0.2) is 18.1 Å². The van der Waals surface area contributed by atoms with Gasteiger partial charge in [0.1, 0.15) is 0 Å². The molecule has 0 saturated carbocycles. The van der Waals surface area contributed by atoms with Gasteiger partial charge < -0.3 is 5.32 Å². The second-order valence-electron chi connectivity index (χ2n) is 3.67. The first-order chi connectivity index (χ1) is 7.80. The van der Waals surface area contributed by atoms with E-state index in [2.05, 4.69) is 0 Å². The predicted octanol–water partition coefficient (Wildman–Crippen LogP) is 2.95. The third-order valence-electron chi connectivity index (χ3n) is 2.12. The monoisotopic (exact) mass is 265 g/mol. The molecule has 94 valence electrons. The van der Waals surface area contributed by atoms with Gasteiger partial charge in [0.25, 0.3) is 0 Å². The van der Waals surface area contributed by atoms with Crippen LogP contribution in [0, 0.1) is 0 Å². The van der Waals surface area contributed by atoms with Crippen molar-refractivity contribution in [2.45, 2.75) is 25.6 Å². The summed E-state index contributed by atoms with van der Waals surface area (Å²) in [7, 11) is 0. The predicted molar refractivity (Wildman–Crippen MR) is 58.8 cm³/mol. The highest BCUT2D eigenvalue weighted by atomic mass is 35.5. The number of carbonyl (C=O) groups excluding carboxylic acids is 1. The maximum Gasteiger partial charge on any atom is 0.471 e. The lowest BCUT2D eigenvalue weighted by atomic mass is 10.1. The molecule has 1 aromatic rings. The Balaban J connectivity index is 2.59. The van der Waals surface area contributed by atoms with Gasteiger partial charge in [-0.1, -0.05) is 29.8 Å². The van der Waals surface area contributed by atoms with E-state index in [4.69, 9.17) is 11.6 Å².